The monoisotopic (exact) mass is 375 g/mol. The largest absolute Gasteiger partial charge is 0.271 e. The van der Waals surface area contributed by atoms with Gasteiger partial charge >= 0.3 is 0 Å². The summed E-state index contributed by atoms with van der Waals surface area (Å²) in [7, 11) is 0. The van der Waals surface area contributed by atoms with Crippen molar-refractivity contribution < 1.29 is 0 Å². The third-order valence-electron chi connectivity index (χ3n) is 3.52. The van der Waals surface area contributed by atoms with Crippen LogP contribution in [0.5, 0.6) is 0 Å². The van der Waals surface area contributed by atoms with Crippen molar-refractivity contribution in [3.8, 4) is 17.3 Å². The van der Waals surface area contributed by atoms with Crippen LogP contribution in [0.1, 0.15) is 12.5 Å². The van der Waals surface area contributed by atoms with Gasteiger partial charge in [0.05, 0.1) is 10.7 Å². The fourth-order valence-electron chi connectivity index (χ4n) is 2.33. The smallest absolute Gasteiger partial charge is 0.183 e. The van der Waals surface area contributed by atoms with E-state index >= 15 is 0 Å². The van der Waals surface area contributed by atoms with Gasteiger partial charge in [-0.3, -0.25) is 5.32 Å². The van der Waals surface area contributed by atoms with E-state index in [-0.39, 0.29) is 0 Å². The van der Waals surface area contributed by atoms with Gasteiger partial charge in [0, 0.05) is 10.5 Å². The number of nitrogens with one attached hydrogen (secondary N) is 1. The van der Waals surface area contributed by atoms with Gasteiger partial charge in [-0.05, 0) is 54.3 Å². The standard InChI is InChI=1S/C18H18ClN3S2/c1-4-12-9-14(23-2)6-8-15(12)16-7-5-13(10-17(16)19)22-18(24-3)21-11-20/h5-10H,4H2,1-3H3,(H,21,22). The predicted octanol–water partition coefficient (Wildman–Crippen LogP) is 5.71. The van der Waals surface area contributed by atoms with Crippen LogP contribution in [0, 0.1) is 11.5 Å². The summed E-state index contributed by atoms with van der Waals surface area (Å²) in [5.41, 5.74) is 4.14. The van der Waals surface area contributed by atoms with Gasteiger partial charge in [-0.25, -0.2) is 4.99 Å². The molecule has 0 unspecified atom stereocenters. The average Bonchev–Trinajstić information content (AvgIpc) is 2.61. The summed E-state index contributed by atoms with van der Waals surface area (Å²) in [6, 6.07) is 12.2. The molecule has 0 radical (unpaired) electrons. The molecule has 0 aliphatic heterocycles. The molecule has 6 heteroatoms. The van der Waals surface area contributed by atoms with E-state index in [2.05, 4.69) is 41.7 Å². The van der Waals surface area contributed by atoms with Gasteiger partial charge in [-0.2, -0.15) is 5.26 Å². The minimum atomic E-state index is 0.542. The highest BCUT2D eigenvalue weighted by Crippen LogP contribution is 2.35. The molecule has 0 aliphatic rings. The summed E-state index contributed by atoms with van der Waals surface area (Å²) in [6.07, 6.45) is 6.76. The zero-order valence-corrected chi connectivity index (χ0v) is 16.1. The number of hydrogen-bond donors (Lipinski definition) is 1. The van der Waals surface area contributed by atoms with E-state index in [1.54, 1.807) is 11.8 Å². The Morgan fingerprint density at radius 3 is 2.54 bits per heavy atom. The van der Waals surface area contributed by atoms with Crippen LogP contribution in [0.25, 0.3) is 11.1 Å². The van der Waals surface area contributed by atoms with Crippen LogP contribution in [0.3, 0.4) is 0 Å². The number of hydrogen-bond acceptors (Lipinski definition) is 4. The van der Waals surface area contributed by atoms with Gasteiger partial charge in [-0.15, -0.1) is 11.8 Å². The lowest BCUT2D eigenvalue weighted by molar-refractivity contribution is 1.13. The molecule has 3 nitrogen and oxygen atoms in total. The van der Waals surface area contributed by atoms with E-state index in [1.807, 2.05) is 30.6 Å². The first-order valence-electron chi connectivity index (χ1n) is 7.37. The Kier molecular flexibility index (Phi) is 7.04. The van der Waals surface area contributed by atoms with E-state index in [0.29, 0.717) is 10.2 Å². The molecule has 0 saturated carbocycles. The van der Waals surface area contributed by atoms with Crippen molar-refractivity contribution in [3.63, 3.8) is 0 Å². The molecule has 2 aromatic rings. The lowest BCUT2D eigenvalue weighted by atomic mass is 9.98. The van der Waals surface area contributed by atoms with Crippen LogP contribution in [-0.2, 0) is 6.42 Å². The van der Waals surface area contributed by atoms with Crippen molar-refractivity contribution in [1.82, 2.24) is 5.32 Å². The van der Waals surface area contributed by atoms with Crippen molar-refractivity contribution >= 4 is 46.0 Å². The lowest BCUT2D eigenvalue weighted by Crippen LogP contribution is -2.12. The van der Waals surface area contributed by atoms with Crippen molar-refractivity contribution in [2.45, 2.75) is 18.2 Å². The third-order valence-corrected chi connectivity index (χ3v) is 5.14. The molecule has 0 amide bonds. The number of nitriles is 1. The molecule has 1 N–H and O–H groups in total. The molecule has 0 aromatic heterocycles. The van der Waals surface area contributed by atoms with Crippen molar-refractivity contribution in [2.75, 3.05) is 12.5 Å². The second-order valence-corrected chi connectivity index (χ2v) is 6.98. The molecule has 0 aliphatic carbocycles. The molecule has 0 heterocycles. The summed E-state index contributed by atoms with van der Waals surface area (Å²) in [5, 5.41) is 12.5. The first kappa shape index (κ1) is 18.7. The van der Waals surface area contributed by atoms with E-state index in [0.717, 1.165) is 23.2 Å². The molecule has 124 valence electrons. The van der Waals surface area contributed by atoms with Crippen LogP contribution in [-0.4, -0.2) is 17.7 Å². The summed E-state index contributed by atoms with van der Waals surface area (Å²) < 4.78 is 0. The number of halogens is 1. The number of thioether (sulfide) groups is 2. The van der Waals surface area contributed by atoms with Gasteiger partial charge in [0.25, 0.3) is 0 Å². The maximum atomic E-state index is 8.71. The minimum Gasteiger partial charge on any atom is -0.271 e. The number of nitrogens with zero attached hydrogens (tertiary/aromatic N) is 2. The molecule has 0 atom stereocenters. The third kappa shape index (κ3) is 4.47. The number of aryl methyl sites for hydroxylation is 1. The fourth-order valence-corrected chi connectivity index (χ4v) is 3.42. The molecule has 24 heavy (non-hydrogen) atoms. The number of aliphatic imine (C=N–C) groups is 1. The Labute approximate surface area is 156 Å². The van der Waals surface area contributed by atoms with Crippen LogP contribution in [0.4, 0.5) is 5.69 Å². The Morgan fingerprint density at radius 1 is 1.21 bits per heavy atom. The van der Waals surface area contributed by atoms with Gasteiger partial charge in [0.1, 0.15) is 0 Å². The highest BCUT2D eigenvalue weighted by Gasteiger charge is 2.10. The maximum absolute atomic E-state index is 8.71. The van der Waals surface area contributed by atoms with E-state index in [4.69, 9.17) is 16.9 Å². The van der Waals surface area contributed by atoms with E-state index < -0.39 is 0 Å². The molecular weight excluding hydrogens is 358 g/mol. The van der Waals surface area contributed by atoms with Crippen LogP contribution in [0.2, 0.25) is 5.02 Å². The van der Waals surface area contributed by atoms with Crippen LogP contribution in [0.15, 0.2) is 46.3 Å². The zero-order chi connectivity index (χ0) is 17.5. The summed E-state index contributed by atoms with van der Waals surface area (Å²) in [6.45, 7) is 2.15. The Morgan fingerprint density at radius 2 is 1.96 bits per heavy atom. The van der Waals surface area contributed by atoms with Crippen molar-refractivity contribution in [2.24, 2.45) is 4.99 Å². The van der Waals surface area contributed by atoms with Gasteiger partial charge < -0.3 is 0 Å². The molecule has 0 bridgehead atoms. The van der Waals surface area contributed by atoms with Gasteiger partial charge in [0.2, 0.25) is 0 Å². The van der Waals surface area contributed by atoms with Crippen molar-refractivity contribution in [3.05, 3.63) is 47.0 Å². The Bertz CT molecular complexity index is 797. The Hall–Kier alpha value is -1.61. The summed E-state index contributed by atoms with van der Waals surface area (Å²) in [5.74, 6) is 0. The van der Waals surface area contributed by atoms with Crippen molar-refractivity contribution in [1.29, 1.82) is 5.26 Å². The average molecular weight is 376 g/mol. The summed E-state index contributed by atoms with van der Waals surface area (Å²) in [4.78, 5) is 5.64. The molecule has 0 saturated heterocycles. The van der Waals surface area contributed by atoms with Gasteiger partial charge in [0.15, 0.2) is 11.4 Å². The fraction of sp³-hybridized carbons (Fsp3) is 0.222. The predicted molar refractivity (Wildman–Crippen MR) is 107 cm³/mol. The SMILES string of the molecule is CCc1cc(SC)ccc1-c1ccc(N=C(NC#N)SC)cc1Cl. The normalized spacial score (nSPS) is 11.2. The first-order valence-corrected chi connectivity index (χ1v) is 10.2. The Balaban J connectivity index is 2.42. The second kappa shape index (κ2) is 9.03. The first-order chi connectivity index (χ1) is 11.6. The molecule has 0 spiro atoms. The molecule has 2 aromatic carbocycles. The van der Waals surface area contributed by atoms with Crippen LogP contribution < -0.4 is 5.32 Å². The van der Waals surface area contributed by atoms with Crippen LogP contribution >= 0.6 is 35.1 Å². The number of amidine groups is 1. The van der Waals surface area contributed by atoms with E-state index in [1.165, 1.54) is 22.2 Å². The number of benzene rings is 2. The highest BCUT2D eigenvalue weighted by molar-refractivity contribution is 8.13. The van der Waals surface area contributed by atoms with Gasteiger partial charge in [-0.1, -0.05) is 42.4 Å². The quantitative estimate of drug-likeness (QED) is 0.244. The molecule has 0 fully saturated rings. The second-order valence-electron chi connectivity index (χ2n) is 4.90. The highest BCUT2D eigenvalue weighted by atomic mass is 35.5. The minimum absolute atomic E-state index is 0.542. The van der Waals surface area contributed by atoms with E-state index in [9.17, 15) is 0 Å². The summed E-state index contributed by atoms with van der Waals surface area (Å²) >= 11 is 9.62. The molecular formula is C18H18ClN3S2. The molecule has 2 rings (SSSR count). The topological polar surface area (TPSA) is 48.2 Å². The zero-order valence-electron chi connectivity index (χ0n) is 13.8. The lowest BCUT2D eigenvalue weighted by Gasteiger charge is -2.12. The number of rotatable bonds is 4. The maximum Gasteiger partial charge on any atom is 0.183 e.